The van der Waals surface area contributed by atoms with Crippen molar-refractivity contribution in [2.75, 3.05) is 0 Å². The number of aliphatic hydroxyl groups is 1. The van der Waals surface area contributed by atoms with Crippen molar-refractivity contribution in [2.24, 2.45) is 0 Å². The number of carbonyl (C=O) groups excluding carboxylic acids is 1. The minimum Gasteiger partial charge on any atom is -0.458 e. The Balaban J connectivity index is 1.66. The van der Waals surface area contributed by atoms with E-state index in [4.69, 9.17) is 21.3 Å². The Morgan fingerprint density at radius 1 is 1.23 bits per heavy atom. The smallest absolute Gasteiger partial charge is 0.343 e. The van der Waals surface area contributed by atoms with Gasteiger partial charge >= 0.3 is 5.97 Å². The van der Waals surface area contributed by atoms with E-state index < -0.39 is 11.6 Å². The SMILES string of the molecule is CC[C@@]1(O)C(=O)OCc2c1cc1n(c2=O)Cc2c-1nc1cc(F)c3c(c1c2Cl)CCC3. The van der Waals surface area contributed by atoms with E-state index >= 15 is 0 Å². The number of ether oxygens (including phenoxy) is 1. The van der Waals surface area contributed by atoms with E-state index in [2.05, 4.69) is 0 Å². The number of hydrogen-bond donors (Lipinski definition) is 1. The number of esters is 1. The van der Waals surface area contributed by atoms with Crippen LogP contribution in [0.1, 0.15) is 47.6 Å². The van der Waals surface area contributed by atoms with E-state index in [0.29, 0.717) is 39.5 Å². The lowest BCUT2D eigenvalue weighted by Crippen LogP contribution is -2.44. The van der Waals surface area contributed by atoms with Crippen LogP contribution in [0.15, 0.2) is 16.9 Å². The van der Waals surface area contributed by atoms with Crippen molar-refractivity contribution in [1.82, 2.24) is 9.55 Å². The molecule has 0 unspecified atom stereocenters. The average Bonchev–Trinajstić information content (AvgIpc) is 3.37. The number of fused-ring (bicyclic) bond motifs is 7. The molecule has 4 heterocycles. The highest BCUT2D eigenvalue weighted by Crippen LogP contribution is 2.44. The molecule has 2 aromatic heterocycles. The van der Waals surface area contributed by atoms with Crippen molar-refractivity contribution in [1.29, 1.82) is 0 Å². The maximum absolute atomic E-state index is 14.7. The molecule has 0 fully saturated rings. The second-order valence-corrected chi connectivity index (χ2v) is 8.80. The first-order valence-corrected chi connectivity index (χ1v) is 10.7. The van der Waals surface area contributed by atoms with Crippen molar-refractivity contribution in [3.05, 3.63) is 61.1 Å². The number of nitrogens with zero attached hydrogens (tertiary/aromatic N) is 2. The molecule has 1 atom stereocenters. The molecule has 0 spiro atoms. The summed E-state index contributed by atoms with van der Waals surface area (Å²) in [7, 11) is 0. The molecule has 0 amide bonds. The molecule has 2 aliphatic heterocycles. The van der Waals surface area contributed by atoms with Crippen LogP contribution in [0.3, 0.4) is 0 Å². The van der Waals surface area contributed by atoms with Crippen molar-refractivity contribution in [3.8, 4) is 11.4 Å². The van der Waals surface area contributed by atoms with Gasteiger partial charge in [-0.3, -0.25) is 4.79 Å². The fourth-order valence-corrected chi connectivity index (χ4v) is 5.62. The van der Waals surface area contributed by atoms with Crippen molar-refractivity contribution in [3.63, 3.8) is 0 Å². The molecule has 8 heteroatoms. The molecule has 31 heavy (non-hydrogen) atoms. The normalized spacial score (nSPS) is 21.0. The number of hydrogen-bond acceptors (Lipinski definition) is 5. The fourth-order valence-electron chi connectivity index (χ4n) is 5.26. The van der Waals surface area contributed by atoms with Crippen molar-refractivity contribution in [2.45, 2.75) is 51.4 Å². The second-order valence-electron chi connectivity index (χ2n) is 8.42. The molecule has 1 N–H and O–H groups in total. The van der Waals surface area contributed by atoms with E-state index in [9.17, 15) is 19.1 Å². The highest BCUT2D eigenvalue weighted by atomic mass is 35.5. The maximum atomic E-state index is 14.7. The molecule has 1 aromatic carbocycles. The Hall–Kier alpha value is -2.77. The Kier molecular flexibility index (Phi) is 3.76. The molecular weight excluding hydrogens is 423 g/mol. The molecule has 0 saturated carbocycles. The van der Waals surface area contributed by atoms with Gasteiger partial charge in [0.25, 0.3) is 5.56 Å². The van der Waals surface area contributed by atoms with E-state index in [1.165, 1.54) is 10.6 Å². The third-order valence-corrected chi connectivity index (χ3v) is 7.35. The fraction of sp³-hybridized carbons (Fsp3) is 0.348. The molecule has 0 saturated heterocycles. The Morgan fingerprint density at radius 3 is 2.77 bits per heavy atom. The summed E-state index contributed by atoms with van der Waals surface area (Å²) in [6, 6.07) is 3.04. The Bertz CT molecular complexity index is 1410. The molecule has 1 aliphatic carbocycles. The maximum Gasteiger partial charge on any atom is 0.343 e. The summed E-state index contributed by atoms with van der Waals surface area (Å²) in [5, 5.41) is 12.2. The van der Waals surface area contributed by atoms with Gasteiger partial charge in [-0.25, -0.2) is 14.2 Å². The predicted molar refractivity (Wildman–Crippen MR) is 112 cm³/mol. The molecule has 158 valence electrons. The molecule has 6 nitrogen and oxygen atoms in total. The van der Waals surface area contributed by atoms with Crippen LogP contribution in [0.5, 0.6) is 0 Å². The summed E-state index contributed by atoms with van der Waals surface area (Å²) in [5.41, 5.74) is 1.95. The summed E-state index contributed by atoms with van der Waals surface area (Å²) in [5.74, 6) is -1.06. The Labute approximate surface area is 181 Å². The van der Waals surface area contributed by atoms with E-state index in [1.54, 1.807) is 13.0 Å². The first-order chi connectivity index (χ1) is 14.8. The molecule has 6 rings (SSSR count). The zero-order valence-electron chi connectivity index (χ0n) is 16.7. The van der Waals surface area contributed by atoms with Crippen LogP contribution < -0.4 is 5.56 Å². The number of benzene rings is 1. The van der Waals surface area contributed by atoms with Crippen molar-refractivity contribution >= 4 is 28.5 Å². The first-order valence-electron chi connectivity index (χ1n) is 10.3. The third-order valence-electron chi connectivity index (χ3n) is 6.93. The van der Waals surface area contributed by atoms with Gasteiger partial charge in [-0.2, -0.15) is 0 Å². The van der Waals surface area contributed by atoms with Crippen LogP contribution in [0, 0.1) is 5.82 Å². The zero-order valence-corrected chi connectivity index (χ0v) is 17.5. The summed E-state index contributed by atoms with van der Waals surface area (Å²) >= 11 is 6.83. The van der Waals surface area contributed by atoms with Crippen LogP contribution in [-0.4, -0.2) is 20.6 Å². The van der Waals surface area contributed by atoms with Crippen LogP contribution >= 0.6 is 11.6 Å². The lowest BCUT2D eigenvalue weighted by atomic mass is 9.86. The minimum atomic E-state index is -1.89. The van der Waals surface area contributed by atoms with Gasteiger partial charge in [0, 0.05) is 22.6 Å². The van der Waals surface area contributed by atoms with Crippen LogP contribution in [-0.2, 0) is 41.1 Å². The molecular formula is C23H18ClFN2O4. The quantitative estimate of drug-likeness (QED) is 0.459. The topological polar surface area (TPSA) is 81.4 Å². The predicted octanol–water partition coefficient (Wildman–Crippen LogP) is 3.36. The first kappa shape index (κ1) is 19.0. The number of aromatic nitrogens is 2. The summed E-state index contributed by atoms with van der Waals surface area (Å²) in [4.78, 5) is 30.2. The number of carbonyl (C=O) groups is 1. The summed E-state index contributed by atoms with van der Waals surface area (Å²) < 4.78 is 21.3. The largest absolute Gasteiger partial charge is 0.458 e. The second kappa shape index (κ2) is 6.14. The Morgan fingerprint density at radius 2 is 2.00 bits per heavy atom. The van der Waals surface area contributed by atoms with Gasteiger partial charge in [0.2, 0.25) is 0 Å². The number of pyridine rings is 2. The number of cyclic esters (lactones) is 1. The van der Waals surface area contributed by atoms with Gasteiger partial charge < -0.3 is 14.4 Å². The number of aryl methyl sites for hydroxylation is 1. The molecule has 3 aromatic rings. The highest BCUT2D eigenvalue weighted by molar-refractivity contribution is 6.37. The van der Waals surface area contributed by atoms with Crippen LogP contribution in [0.2, 0.25) is 5.02 Å². The number of rotatable bonds is 1. The van der Waals surface area contributed by atoms with E-state index in [0.717, 1.165) is 23.8 Å². The number of halogens is 2. The van der Waals surface area contributed by atoms with Gasteiger partial charge in [0.1, 0.15) is 12.4 Å². The summed E-state index contributed by atoms with van der Waals surface area (Å²) in [6.07, 6.45) is 2.36. The molecule has 0 bridgehead atoms. The van der Waals surface area contributed by atoms with Crippen molar-refractivity contribution < 1.29 is 19.0 Å². The van der Waals surface area contributed by atoms with Gasteiger partial charge in [-0.1, -0.05) is 18.5 Å². The van der Waals surface area contributed by atoms with Gasteiger partial charge in [0.05, 0.1) is 34.0 Å². The lowest BCUT2D eigenvalue weighted by molar-refractivity contribution is -0.172. The average molecular weight is 441 g/mol. The minimum absolute atomic E-state index is 0.0673. The highest BCUT2D eigenvalue weighted by Gasteiger charge is 2.45. The van der Waals surface area contributed by atoms with Crippen LogP contribution in [0.25, 0.3) is 22.3 Å². The zero-order chi connectivity index (χ0) is 21.7. The van der Waals surface area contributed by atoms with Gasteiger partial charge in [0.15, 0.2) is 5.60 Å². The molecule has 3 aliphatic rings. The standard InChI is InChI=1S/C23H18ClFN2O4/c1-2-23(30)14-6-17-20-12(8-27(17)21(28)13(14)9-31-22(23)29)19(24)18-11-5-3-4-10(11)15(25)7-16(18)26-20/h6-7,30H,2-5,8-9H2,1H3/t23-/m0/s1. The monoisotopic (exact) mass is 440 g/mol. The summed E-state index contributed by atoms with van der Waals surface area (Å²) in [6.45, 7) is 1.69. The van der Waals surface area contributed by atoms with Gasteiger partial charge in [-0.15, -0.1) is 0 Å². The van der Waals surface area contributed by atoms with E-state index in [1.807, 2.05) is 0 Å². The van der Waals surface area contributed by atoms with Crippen LogP contribution in [0.4, 0.5) is 4.39 Å². The molecule has 0 radical (unpaired) electrons. The third kappa shape index (κ3) is 2.28. The van der Waals surface area contributed by atoms with E-state index in [-0.39, 0.29) is 42.1 Å². The lowest BCUT2D eigenvalue weighted by Gasteiger charge is -2.31. The van der Waals surface area contributed by atoms with Gasteiger partial charge in [-0.05, 0) is 42.9 Å².